The lowest BCUT2D eigenvalue weighted by atomic mass is 10.2. The van der Waals surface area contributed by atoms with Gasteiger partial charge in [0, 0.05) is 6.20 Å². The van der Waals surface area contributed by atoms with Crippen LogP contribution in [0.15, 0.2) is 79.0 Å². The van der Waals surface area contributed by atoms with Crippen LogP contribution in [0.25, 0.3) is 29.2 Å². The predicted molar refractivity (Wildman–Crippen MR) is 102 cm³/mol. The average molecular weight is 340 g/mol. The number of benzene rings is 2. The number of phenolic OH excluding ortho intramolecular Hbond substituents is 1. The first-order chi connectivity index (χ1) is 12.8. The molecule has 4 aromatic rings. The summed E-state index contributed by atoms with van der Waals surface area (Å²) in [5.74, 6) is 1.28. The molecule has 4 rings (SSSR count). The van der Waals surface area contributed by atoms with Gasteiger partial charge in [-0.25, -0.2) is 9.67 Å². The predicted octanol–water partition coefficient (Wildman–Crippen LogP) is 4.21. The topological polar surface area (TPSA) is 63.8 Å². The van der Waals surface area contributed by atoms with Crippen LogP contribution in [0.3, 0.4) is 0 Å². The van der Waals surface area contributed by atoms with Gasteiger partial charge in [0.25, 0.3) is 0 Å². The van der Waals surface area contributed by atoms with Crippen LogP contribution in [0, 0.1) is 0 Å². The Morgan fingerprint density at radius 1 is 0.808 bits per heavy atom. The molecule has 0 aliphatic rings. The van der Waals surface area contributed by atoms with Crippen LogP contribution in [0.4, 0.5) is 0 Å². The number of hydrogen-bond donors (Lipinski definition) is 1. The van der Waals surface area contributed by atoms with Crippen molar-refractivity contribution >= 4 is 12.2 Å². The Morgan fingerprint density at radius 3 is 2.35 bits per heavy atom. The molecular formula is C21H16N4O. The Labute approximate surface area is 150 Å². The molecule has 0 atom stereocenters. The average Bonchev–Trinajstić information content (AvgIpc) is 3.12. The summed E-state index contributed by atoms with van der Waals surface area (Å²) in [6, 6.07) is 22.5. The zero-order valence-corrected chi connectivity index (χ0v) is 13.9. The molecule has 0 fully saturated rings. The van der Waals surface area contributed by atoms with Crippen molar-refractivity contribution in [2.24, 2.45) is 0 Å². The van der Waals surface area contributed by atoms with Gasteiger partial charge >= 0.3 is 0 Å². The normalized spacial score (nSPS) is 11.1. The van der Waals surface area contributed by atoms with Gasteiger partial charge in [-0.15, -0.1) is 5.10 Å². The van der Waals surface area contributed by atoms with E-state index in [-0.39, 0.29) is 5.75 Å². The van der Waals surface area contributed by atoms with Gasteiger partial charge in [-0.3, -0.25) is 4.98 Å². The van der Waals surface area contributed by atoms with Crippen LogP contribution in [-0.2, 0) is 0 Å². The Bertz CT molecular complexity index is 1040. The number of rotatable bonds is 4. The van der Waals surface area contributed by atoms with Gasteiger partial charge in [-0.2, -0.15) is 0 Å². The second-order valence-corrected chi connectivity index (χ2v) is 5.65. The van der Waals surface area contributed by atoms with Gasteiger partial charge in [0.15, 0.2) is 11.6 Å². The zero-order valence-electron chi connectivity index (χ0n) is 13.9. The van der Waals surface area contributed by atoms with Crippen molar-refractivity contribution < 1.29 is 5.11 Å². The molecule has 0 amide bonds. The molecule has 26 heavy (non-hydrogen) atoms. The largest absolute Gasteiger partial charge is 0.507 e. The van der Waals surface area contributed by atoms with Crippen LogP contribution < -0.4 is 0 Å². The first-order valence-electron chi connectivity index (χ1n) is 8.21. The molecule has 0 aliphatic heterocycles. The molecule has 1 N–H and O–H groups in total. The summed E-state index contributed by atoms with van der Waals surface area (Å²) < 4.78 is 1.73. The van der Waals surface area contributed by atoms with E-state index in [4.69, 9.17) is 0 Å². The van der Waals surface area contributed by atoms with Crippen LogP contribution in [0.1, 0.15) is 11.5 Å². The lowest BCUT2D eigenvalue weighted by Gasteiger charge is -2.06. The number of aromatic hydroxyl groups is 1. The number of pyridine rings is 1. The van der Waals surface area contributed by atoms with Crippen LogP contribution in [0.2, 0.25) is 0 Å². The molecule has 0 unspecified atom stereocenters. The summed E-state index contributed by atoms with van der Waals surface area (Å²) in [5, 5.41) is 14.8. The smallest absolute Gasteiger partial charge is 0.175 e. The molecule has 5 nitrogen and oxygen atoms in total. The highest BCUT2D eigenvalue weighted by Crippen LogP contribution is 2.29. The van der Waals surface area contributed by atoms with Crippen molar-refractivity contribution in [1.29, 1.82) is 0 Å². The van der Waals surface area contributed by atoms with Gasteiger partial charge in [0.05, 0.1) is 16.9 Å². The highest BCUT2D eigenvalue weighted by Gasteiger charge is 2.15. The van der Waals surface area contributed by atoms with Crippen LogP contribution >= 0.6 is 0 Å². The number of aromatic nitrogens is 4. The van der Waals surface area contributed by atoms with Gasteiger partial charge in [-0.1, -0.05) is 36.4 Å². The number of para-hydroxylation sites is 2. The quantitative estimate of drug-likeness (QED) is 0.604. The molecule has 0 spiro atoms. The Balaban J connectivity index is 1.81. The van der Waals surface area contributed by atoms with Crippen LogP contribution in [-0.4, -0.2) is 24.9 Å². The minimum Gasteiger partial charge on any atom is -0.507 e. The number of phenols is 1. The molecular weight excluding hydrogens is 324 g/mol. The van der Waals surface area contributed by atoms with Crippen molar-refractivity contribution in [3.05, 3.63) is 90.5 Å². The molecule has 0 aliphatic carbocycles. The van der Waals surface area contributed by atoms with E-state index in [1.165, 1.54) is 0 Å². The third-order valence-electron chi connectivity index (χ3n) is 3.86. The summed E-state index contributed by atoms with van der Waals surface area (Å²) in [6.45, 7) is 0. The summed E-state index contributed by atoms with van der Waals surface area (Å²) in [4.78, 5) is 8.87. The van der Waals surface area contributed by atoms with E-state index in [1.54, 1.807) is 23.0 Å². The summed E-state index contributed by atoms with van der Waals surface area (Å²) >= 11 is 0. The highest BCUT2D eigenvalue weighted by molar-refractivity contribution is 5.69. The molecule has 0 radical (unpaired) electrons. The highest BCUT2D eigenvalue weighted by atomic mass is 16.3. The molecule has 0 saturated carbocycles. The fraction of sp³-hybridized carbons (Fsp3) is 0. The van der Waals surface area contributed by atoms with E-state index in [0.29, 0.717) is 17.2 Å². The standard InChI is InChI=1S/C21H16N4O/c26-19-12-5-4-11-18(19)21-23-20(14-13-16-8-6-7-15-22-16)24-25(21)17-9-2-1-3-10-17/h1-15,26H/b14-13+. The van der Waals surface area contributed by atoms with Crippen molar-refractivity contribution in [2.45, 2.75) is 0 Å². The molecule has 2 aromatic carbocycles. The third-order valence-corrected chi connectivity index (χ3v) is 3.86. The SMILES string of the molecule is Oc1ccccc1-c1nc(/C=C/c2ccccn2)nn1-c1ccccc1. The summed E-state index contributed by atoms with van der Waals surface area (Å²) in [5.41, 5.74) is 2.32. The van der Waals surface area contributed by atoms with Crippen molar-refractivity contribution in [3.8, 4) is 22.8 Å². The zero-order chi connectivity index (χ0) is 17.8. The second kappa shape index (κ2) is 7.03. The minimum atomic E-state index is 0.164. The summed E-state index contributed by atoms with van der Waals surface area (Å²) in [6.07, 6.45) is 5.41. The lowest BCUT2D eigenvalue weighted by molar-refractivity contribution is 0.476. The van der Waals surface area contributed by atoms with E-state index in [9.17, 15) is 5.11 Å². The molecule has 0 saturated heterocycles. The van der Waals surface area contributed by atoms with Gasteiger partial charge < -0.3 is 5.11 Å². The maximum absolute atomic E-state index is 10.2. The second-order valence-electron chi connectivity index (χ2n) is 5.65. The van der Waals surface area contributed by atoms with Crippen molar-refractivity contribution in [3.63, 3.8) is 0 Å². The number of hydrogen-bond acceptors (Lipinski definition) is 4. The first kappa shape index (κ1) is 15.8. The third kappa shape index (κ3) is 3.23. The maximum atomic E-state index is 10.2. The molecule has 5 heteroatoms. The van der Waals surface area contributed by atoms with Crippen LogP contribution in [0.5, 0.6) is 5.75 Å². The van der Waals surface area contributed by atoms with E-state index in [1.807, 2.05) is 72.8 Å². The van der Waals surface area contributed by atoms with E-state index >= 15 is 0 Å². The van der Waals surface area contributed by atoms with E-state index in [2.05, 4.69) is 15.1 Å². The van der Waals surface area contributed by atoms with Gasteiger partial charge in [0.1, 0.15) is 5.75 Å². The lowest BCUT2D eigenvalue weighted by Crippen LogP contribution is -1.99. The molecule has 0 bridgehead atoms. The van der Waals surface area contributed by atoms with E-state index < -0.39 is 0 Å². The Morgan fingerprint density at radius 2 is 1.58 bits per heavy atom. The van der Waals surface area contributed by atoms with Crippen molar-refractivity contribution in [2.75, 3.05) is 0 Å². The fourth-order valence-electron chi connectivity index (χ4n) is 2.62. The molecule has 2 heterocycles. The van der Waals surface area contributed by atoms with Gasteiger partial charge in [-0.05, 0) is 48.6 Å². The van der Waals surface area contributed by atoms with Crippen molar-refractivity contribution in [1.82, 2.24) is 19.7 Å². The maximum Gasteiger partial charge on any atom is 0.175 e. The fourth-order valence-corrected chi connectivity index (χ4v) is 2.62. The first-order valence-corrected chi connectivity index (χ1v) is 8.21. The van der Waals surface area contributed by atoms with Gasteiger partial charge in [0.2, 0.25) is 0 Å². The monoisotopic (exact) mass is 340 g/mol. The Hall–Kier alpha value is -3.73. The Kier molecular flexibility index (Phi) is 4.26. The molecule has 126 valence electrons. The van der Waals surface area contributed by atoms with E-state index in [0.717, 1.165) is 11.4 Å². The summed E-state index contributed by atoms with van der Waals surface area (Å²) in [7, 11) is 0. The number of nitrogens with zero attached hydrogens (tertiary/aromatic N) is 4. The minimum absolute atomic E-state index is 0.164. The molecule has 2 aromatic heterocycles.